The Morgan fingerprint density at radius 3 is 2.71 bits per heavy atom. The number of H-pyrrole nitrogens is 1. The first-order chi connectivity index (χ1) is 11.4. The fraction of sp³-hybridized carbons (Fsp3) is 0.286. The van der Waals surface area contributed by atoms with Crippen LogP contribution in [0.1, 0.15) is 24.6 Å². The average Bonchev–Trinajstić information content (AvgIpc) is 3.17. The number of hydrogen-bond acceptors (Lipinski definition) is 5. The number of halogens is 1. The lowest BCUT2D eigenvalue weighted by molar-refractivity contribution is -0.117. The van der Waals surface area contributed by atoms with Crippen LogP contribution in [0.15, 0.2) is 18.3 Å². The molecule has 2 heterocycles. The minimum atomic E-state index is -4.22. The molecule has 10 heteroatoms. The summed E-state index contributed by atoms with van der Waals surface area (Å²) in [5, 5.41) is 9.93. The van der Waals surface area contributed by atoms with Crippen LogP contribution in [0.3, 0.4) is 0 Å². The molecule has 24 heavy (non-hydrogen) atoms. The molecule has 1 aromatic heterocycles. The second kappa shape index (κ2) is 4.94. The van der Waals surface area contributed by atoms with Crippen molar-refractivity contribution in [3.05, 3.63) is 30.0 Å². The van der Waals surface area contributed by atoms with E-state index in [2.05, 4.69) is 9.97 Å². The van der Waals surface area contributed by atoms with Gasteiger partial charge in [0.1, 0.15) is 23.8 Å². The molecule has 4 rings (SSSR count). The number of carbonyl (C=O) groups excluding carboxylic acids is 1. The normalized spacial score (nSPS) is 19.5. The van der Waals surface area contributed by atoms with Crippen LogP contribution in [0.4, 0.5) is 10.1 Å². The predicted molar refractivity (Wildman–Crippen MR) is 82.0 cm³/mol. The summed E-state index contributed by atoms with van der Waals surface area (Å²) in [4.78, 5) is 18.6. The van der Waals surface area contributed by atoms with Crippen molar-refractivity contribution in [2.45, 2.75) is 18.8 Å². The maximum Gasteiger partial charge on any atom is 0.326 e. The van der Waals surface area contributed by atoms with E-state index in [4.69, 9.17) is 0 Å². The zero-order valence-corrected chi connectivity index (χ0v) is 13.1. The lowest BCUT2D eigenvalue weighted by atomic mass is 10.1. The number of hydrogen-bond donors (Lipinski definition) is 3. The highest BCUT2D eigenvalue weighted by Gasteiger charge is 2.38. The van der Waals surface area contributed by atoms with Gasteiger partial charge in [0.25, 0.3) is 5.91 Å². The topological polar surface area (TPSA) is 115 Å². The monoisotopic (exact) mass is 352 g/mol. The summed E-state index contributed by atoms with van der Waals surface area (Å²) in [6.07, 6.45) is 3.51. The molecule has 126 valence electrons. The molecule has 2 aromatic rings. The van der Waals surface area contributed by atoms with Crippen LogP contribution >= 0.6 is 0 Å². The number of aromatic amines is 1. The Bertz CT molecular complexity index is 952. The smallest absolute Gasteiger partial charge is 0.326 e. The van der Waals surface area contributed by atoms with Gasteiger partial charge >= 0.3 is 10.2 Å². The minimum Gasteiger partial charge on any atom is -0.506 e. The second-order valence-electron chi connectivity index (χ2n) is 5.79. The fourth-order valence-electron chi connectivity index (χ4n) is 2.68. The summed E-state index contributed by atoms with van der Waals surface area (Å²) < 4.78 is 41.0. The number of phenolic OH excluding ortho intramolecular Hbond substituents is 1. The number of anilines is 1. The Kier molecular flexibility index (Phi) is 3.07. The molecule has 0 bridgehead atoms. The summed E-state index contributed by atoms with van der Waals surface area (Å²) in [5.74, 6) is -1.21. The second-order valence-corrected chi connectivity index (χ2v) is 7.38. The van der Waals surface area contributed by atoms with Crippen molar-refractivity contribution in [2.75, 3.05) is 10.8 Å². The SMILES string of the molecule is O=C1CN(c2c(O)ccc(-c3cnc(C4CC4)[nH]3)c2F)S(=O)(=O)N1. The molecule has 1 amide bonds. The van der Waals surface area contributed by atoms with Crippen LogP contribution < -0.4 is 9.03 Å². The highest BCUT2D eigenvalue weighted by atomic mass is 32.2. The van der Waals surface area contributed by atoms with Gasteiger partial charge in [-0.1, -0.05) is 0 Å². The number of phenols is 1. The van der Waals surface area contributed by atoms with Crippen molar-refractivity contribution >= 4 is 21.8 Å². The van der Waals surface area contributed by atoms with E-state index in [-0.39, 0.29) is 5.56 Å². The first-order valence-corrected chi connectivity index (χ1v) is 8.71. The van der Waals surface area contributed by atoms with Crippen LogP contribution in [-0.2, 0) is 15.0 Å². The van der Waals surface area contributed by atoms with E-state index >= 15 is 0 Å². The van der Waals surface area contributed by atoms with Gasteiger partial charge < -0.3 is 10.1 Å². The number of aromatic nitrogens is 2. The van der Waals surface area contributed by atoms with Gasteiger partial charge in [-0.05, 0) is 25.0 Å². The molecule has 0 atom stereocenters. The molecule has 2 aliphatic rings. The molecule has 3 N–H and O–H groups in total. The molecule has 8 nitrogen and oxygen atoms in total. The summed E-state index contributed by atoms with van der Waals surface area (Å²) in [6.45, 7) is -0.591. The first kappa shape index (κ1) is 14.9. The van der Waals surface area contributed by atoms with Gasteiger partial charge in [0.15, 0.2) is 5.82 Å². The van der Waals surface area contributed by atoms with Gasteiger partial charge in [-0.3, -0.25) is 4.79 Å². The Balaban J connectivity index is 1.82. The minimum absolute atomic E-state index is 0.0664. The van der Waals surface area contributed by atoms with Gasteiger partial charge in [0, 0.05) is 11.5 Å². The number of imidazole rings is 1. The van der Waals surface area contributed by atoms with Gasteiger partial charge in [-0.25, -0.2) is 18.4 Å². The summed E-state index contributed by atoms with van der Waals surface area (Å²) in [6, 6.07) is 2.51. The Morgan fingerprint density at radius 2 is 2.08 bits per heavy atom. The molecule has 0 radical (unpaired) electrons. The first-order valence-electron chi connectivity index (χ1n) is 7.27. The number of nitrogens with one attached hydrogen (secondary N) is 2. The maximum absolute atomic E-state index is 14.9. The van der Waals surface area contributed by atoms with Crippen molar-refractivity contribution in [1.29, 1.82) is 0 Å². The van der Waals surface area contributed by atoms with Crippen LogP contribution in [0.25, 0.3) is 11.3 Å². The molecule has 2 fully saturated rings. The average molecular weight is 352 g/mol. The number of nitrogens with zero attached hydrogens (tertiary/aromatic N) is 2. The summed E-state index contributed by atoms with van der Waals surface area (Å²) in [5.41, 5.74) is -0.114. The zero-order chi connectivity index (χ0) is 17.1. The van der Waals surface area contributed by atoms with E-state index in [0.29, 0.717) is 15.9 Å². The van der Waals surface area contributed by atoms with Crippen molar-refractivity contribution in [2.24, 2.45) is 0 Å². The molecular formula is C14H13FN4O4S. The van der Waals surface area contributed by atoms with Gasteiger partial charge in [0.05, 0.1) is 11.9 Å². The number of rotatable bonds is 3. The van der Waals surface area contributed by atoms with Gasteiger partial charge in [-0.2, -0.15) is 8.42 Å². The van der Waals surface area contributed by atoms with Gasteiger partial charge in [0.2, 0.25) is 0 Å². The third-order valence-corrected chi connectivity index (χ3v) is 5.39. The summed E-state index contributed by atoms with van der Waals surface area (Å²) in [7, 11) is -4.22. The molecule has 1 saturated carbocycles. The van der Waals surface area contributed by atoms with E-state index in [1.54, 1.807) is 4.72 Å². The lowest BCUT2D eigenvalue weighted by Crippen LogP contribution is -2.30. The van der Waals surface area contributed by atoms with E-state index in [1.165, 1.54) is 18.3 Å². The van der Waals surface area contributed by atoms with Gasteiger partial charge in [-0.15, -0.1) is 0 Å². The zero-order valence-electron chi connectivity index (χ0n) is 12.3. The van der Waals surface area contributed by atoms with E-state index in [0.717, 1.165) is 18.7 Å². The Hall–Kier alpha value is -2.62. The number of carbonyl (C=O) groups is 1. The Morgan fingerprint density at radius 1 is 1.33 bits per heavy atom. The third kappa shape index (κ3) is 2.30. The molecule has 0 unspecified atom stereocenters. The van der Waals surface area contributed by atoms with E-state index in [1.807, 2.05) is 0 Å². The largest absolute Gasteiger partial charge is 0.506 e. The quantitative estimate of drug-likeness (QED) is 0.762. The third-order valence-electron chi connectivity index (χ3n) is 4.01. The molecule has 1 saturated heterocycles. The molecule has 0 spiro atoms. The van der Waals surface area contributed by atoms with Crippen LogP contribution in [-0.4, -0.2) is 35.9 Å². The van der Waals surface area contributed by atoms with Crippen LogP contribution in [0, 0.1) is 5.82 Å². The van der Waals surface area contributed by atoms with Crippen molar-refractivity contribution in [3.63, 3.8) is 0 Å². The van der Waals surface area contributed by atoms with Crippen LogP contribution in [0.2, 0.25) is 0 Å². The Labute approximate surface area is 136 Å². The number of benzene rings is 1. The fourth-order valence-corrected chi connectivity index (χ4v) is 3.85. The van der Waals surface area contributed by atoms with Crippen molar-refractivity contribution < 1.29 is 22.7 Å². The standard InChI is InChI=1S/C14H13FN4O4S/c15-12-8(9-5-16-14(17-9)7-1-2-7)3-4-10(20)13(12)19-6-11(21)18-24(19,22)23/h3-5,7,20H,1-2,6H2,(H,16,17)(H,18,21). The van der Waals surface area contributed by atoms with Crippen molar-refractivity contribution in [1.82, 2.24) is 14.7 Å². The molecule has 1 aliphatic heterocycles. The maximum atomic E-state index is 14.9. The van der Waals surface area contributed by atoms with E-state index < -0.39 is 39.9 Å². The number of aromatic hydroxyl groups is 1. The summed E-state index contributed by atoms with van der Waals surface area (Å²) >= 11 is 0. The lowest BCUT2D eigenvalue weighted by Gasteiger charge is -2.18. The predicted octanol–water partition coefficient (Wildman–Crippen LogP) is 0.980. The van der Waals surface area contributed by atoms with E-state index in [9.17, 15) is 22.7 Å². The van der Waals surface area contributed by atoms with Crippen LogP contribution in [0.5, 0.6) is 5.75 Å². The highest BCUT2D eigenvalue weighted by molar-refractivity contribution is 7.92. The number of amides is 1. The van der Waals surface area contributed by atoms with Crippen molar-refractivity contribution in [3.8, 4) is 17.0 Å². The highest BCUT2D eigenvalue weighted by Crippen LogP contribution is 2.41. The molecule has 1 aliphatic carbocycles. The molecule has 1 aromatic carbocycles. The molecular weight excluding hydrogens is 339 g/mol.